The number of hydrogen-bond acceptors (Lipinski definition) is 3. The fourth-order valence-electron chi connectivity index (χ4n) is 2.21. The van der Waals surface area contributed by atoms with Gasteiger partial charge in [-0.3, -0.25) is 4.68 Å². The second-order valence-corrected chi connectivity index (χ2v) is 4.74. The maximum atomic E-state index is 4.33. The molecule has 0 aliphatic carbocycles. The summed E-state index contributed by atoms with van der Waals surface area (Å²) < 4.78 is 2.03. The lowest BCUT2D eigenvalue weighted by Crippen LogP contribution is -2.30. The third-order valence-corrected chi connectivity index (χ3v) is 3.13. The van der Waals surface area contributed by atoms with Crippen molar-refractivity contribution in [3.05, 3.63) is 18.0 Å². The SMILES string of the molecule is CCCn1cc(CNC2CCN(C)C2)cn1. The molecule has 1 aliphatic rings. The van der Waals surface area contributed by atoms with Gasteiger partial charge < -0.3 is 10.2 Å². The van der Waals surface area contributed by atoms with E-state index in [4.69, 9.17) is 0 Å². The van der Waals surface area contributed by atoms with Gasteiger partial charge in [0.15, 0.2) is 0 Å². The molecule has 1 saturated heterocycles. The highest BCUT2D eigenvalue weighted by Gasteiger charge is 2.18. The molecule has 2 rings (SSSR count). The van der Waals surface area contributed by atoms with E-state index < -0.39 is 0 Å². The molecule has 90 valence electrons. The van der Waals surface area contributed by atoms with Gasteiger partial charge in [-0.15, -0.1) is 0 Å². The van der Waals surface area contributed by atoms with Gasteiger partial charge in [0.1, 0.15) is 0 Å². The molecule has 1 unspecified atom stereocenters. The average molecular weight is 222 g/mol. The Morgan fingerprint density at radius 1 is 1.56 bits per heavy atom. The summed E-state index contributed by atoms with van der Waals surface area (Å²) in [5.74, 6) is 0. The summed E-state index contributed by atoms with van der Waals surface area (Å²) in [4.78, 5) is 2.37. The van der Waals surface area contributed by atoms with E-state index in [0.29, 0.717) is 6.04 Å². The molecule has 0 saturated carbocycles. The van der Waals surface area contributed by atoms with E-state index in [-0.39, 0.29) is 0 Å². The van der Waals surface area contributed by atoms with E-state index >= 15 is 0 Å². The topological polar surface area (TPSA) is 33.1 Å². The van der Waals surface area contributed by atoms with Gasteiger partial charge in [-0.1, -0.05) is 6.92 Å². The van der Waals surface area contributed by atoms with Gasteiger partial charge >= 0.3 is 0 Å². The molecule has 0 spiro atoms. The van der Waals surface area contributed by atoms with Crippen LogP contribution in [0.15, 0.2) is 12.4 Å². The third kappa shape index (κ3) is 3.06. The fourth-order valence-corrected chi connectivity index (χ4v) is 2.21. The molecule has 0 aromatic carbocycles. The lowest BCUT2D eigenvalue weighted by atomic mass is 10.2. The van der Waals surface area contributed by atoms with Crippen molar-refractivity contribution in [2.24, 2.45) is 0 Å². The third-order valence-electron chi connectivity index (χ3n) is 3.13. The number of aryl methyl sites for hydroxylation is 1. The minimum absolute atomic E-state index is 0.652. The van der Waals surface area contributed by atoms with E-state index in [0.717, 1.165) is 19.5 Å². The summed E-state index contributed by atoms with van der Waals surface area (Å²) in [6.07, 6.45) is 6.53. The molecule has 1 aromatic heterocycles. The molecule has 2 heterocycles. The van der Waals surface area contributed by atoms with Crippen molar-refractivity contribution in [1.82, 2.24) is 20.0 Å². The highest BCUT2D eigenvalue weighted by Crippen LogP contribution is 2.07. The van der Waals surface area contributed by atoms with Gasteiger partial charge in [-0.25, -0.2) is 0 Å². The first-order valence-corrected chi connectivity index (χ1v) is 6.21. The molecule has 1 atom stereocenters. The Morgan fingerprint density at radius 3 is 3.12 bits per heavy atom. The second kappa shape index (κ2) is 5.46. The zero-order valence-corrected chi connectivity index (χ0v) is 10.3. The van der Waals surface area contributed by atoms with Crippen LogP contribution in [0.3, 0.4) is 0 Å². The predicted octanol–water partition coefficient (Wildman–Crippen LogP) is 1.09. The Labute approximate surface area is 97.6 Å². The van der Waals surface area contributed by atoms with Crippen LogP contribution in [0, 0.1) is 0 Å². The zero-order valence-electron chi connectivity index (χ0n) is 10.3. The van der Waals surface area contributed by atoms with Crippen molar-refractivity contribution in [2.75, 3.05) is 20.1 Å². The van der Waals surface area contributed by atoms with Crippen LogP contribution in [0.2, 0.25) is 0 Å². The van der Waals surface area contributed by atoms with Crippen LogP contribution in [0.5, 0.6) is 0 Å². The fraction of sp³-hybridized carbons (Fsp3) is 0.750. The Hall–Kier alpha value is -0.870. The van der Waals surface area contributed by atoms with Crippen LogP contribution in [0.1, 0.15) is 25.3 Å². The Kier molecular flexibility index (Phi) is 3.96. The highest BCUT2D eigenvalue weighted by molar-refractivity contribution is 5.03. The Balaban J connectivity index is 1.76. The van der Waals surface area contributed by atoms with Gasteiger partial charge in [-0.05, 0) is 26.4 Å². The van der Waals surface area contributed by atoms with Crippen molar-refractivity contribution < 1.29 is 0 Å². The van der Waals surface area contributed by atoms with Crippen LogP contribution < -0.4 is 5.32 Å². The van der Waals surface area contributed by atoms with Crippen LogP contribution in [-0.4, -0.2) is 40.9 Å². The van der Waals surface area contributed by atoms with E-state index in [9.17, 15) is 0 Å². The number of rotatable bonds is 5. The quantitative estimate of drug-likeness (QED) is 0.809. The van der Waals surface area contributed by atoms with E-state index in [1.165, 1.54) is 25.1 Å². The van der Waals surface area contributed by atoms with Gasteiger partial charge in [0.25, 0.3) is 0 Å². The molecular formula is C12H22N4. The molecule has 1 fully saturated rings. The molecule has 1 N–H and O–H groups in total. The summed E-state index contributed by atoms with van der Waals surface area (Å²) >= 11 is 0. The molecule has 1 aliphatic heterocycles. The van der Waals surface area contributed by atoms with E-state index in [1.807, 2.05) is 10.9 Å². The van der Waals surface area contributed by atoms with Crippen LogP contribution in [0.4, 0.5) is 0 Å². The minimum atomic E-state index is 0.652. The number of likely N-dealkylation sites (tertiary alicyclic amines) is 1. The molecule has 0 bridgehead atoms. The minimum Gasteiger partial charge on any atom is -0.308 e. The first-order valence-electron chi connectivity index (χ1n) is 6.21. The number of nitrogens with one attached hydrogen (secondary N) is 1. The van der Waals surface area contributed by atoms with Crippen molar-refractivity contribution >= 4 is 0 Å². The Bertz CT molecular complexity index is 321. The number of likely N-dealkylation sites (N-methyl/N-ethyl adjacent to an activating group) is 1. The molecule has 16 heavy (non-hydrogen) atoms. The molecule has 1 aromatic rings. The maximum Gasteiger partial charge on any atom is 0.0534 e. The highest BCUT2D eigenvalue weighted by atomic mass is 15.3. The Morgan fingerprint density at radius 2 is 2.44 bits per heavy atom. The van der Waals surface area contributed by atoms with E-state index in [2.05, 4.69) is 35.5 Å². The van der Waals surface area contributed by atoms with Crippen molar-refractivity contribution in [2.45, 2.75) is 38.9 Å². The summed E-state index contributed by atoms with van der Waals surface area (Å²) in [5.41, 5.74) is 1.29. The summed E-state index contributed by atoms with van der Waals surface area (Å²) in [7, 11) is 2.18. The van der Waals surface area contributed by atoms with Crippen LogP contribution in [-0.2, 0) is 13.1 Å². The normalized spacial score (nSPS) is 21.8. The lowest BCUT2D eigenvalue weighted by molar-refractivity contribution is 0.397. The van der Waals surface area contributed by atoms with Gasteiger partial charge in [0.2, 0.25) is 0 Å². The van der Waals surface area contributed by atoms with Gasteiger partial charge in [0.05, 0.1) is 6.20 Å². The van der Waals surface area contributed by atoms with Gasteiger partial charge in [-0.2, -0.15) is 5.10 Å². The molecular weight excluding hydrogens is 200 g/mol. The standard InChI is InChI=1S/C12H22N4/c1-3-5-16-9-11(8-14-16)7-13-12-4-6-15(2)10-12/h8-9,12-13H,3-7,10H2,1-2H3. The monoisotopic (exact) mass is 222 g/mol. The lowest BCUT2D eigenvalue weighted by Gasteiger charge is -2.11. The largest absolute Gasteiger partial charge is 0.308 e. The van der Waals surface area contributed by atoms with E-state index in [1.54, 1.807) is 0 Å². The summed E-state index contributed by atoms with van der Waals surface area (Å²) in [6.45, 7) is 6.53. The zero-order chi connectivity index (χ0) is 11.4. The first-order chi connectivity index (χ1) is 7.78. The second-order valence-electron chi connectivity index (χ2n) is 4.74. The molecule has 0 amide bonds. The first kappa shape index (κ1) is 11.6. The predicted molar refractivity (Wildman–Crippen MR) is 65.3 cm³/mol. The summed E-state index contributed by atoms with van der Waals surface area (Å²) in [6, 6.07) is 0.652. The van der Waals surface area contributed by atoms with Crippen LogP contribution in [0.25, 0.3) is 0 Å². The average Bonchev–Trinajstić information content (AvgIpc) is 2.85. The summed E-state index contributed by atoms with van der Waals surface area (Å²) in [5, 5.41) is 7.92. The number of nitrogens with zero attached hydrogens (tertiary/aromatic N) is 3. The van der Waals surface area contributed by atoms with Crippen molar-refractivity contribution in [1.29, 1.82) is 0 Å². The van der Waals surface area contributed by atoms with Gasteiger partial charge in [0, 0.05) is 37.4 Å². The molecule has 4 heteroatoms. The molecule has 4 nitrogen and oxygen atoms in total. The van der Waals surface area contributed by atoms with Crippen molar-refractivity contribution in [3.8, 4) is 0 Å². The number of aromatic nitrogens is 2. The molecule has 0 radical (unpaired) electrons. The maximum absolute atomic E-state index is 4.33. The van der Waals surface area contributed by atoms with Crippen LogP contribution >= 0.6 is 0 Å². The number of hydrogen-bond donors (Lipinski definition) is 1. The smallest absolute Gasteiger partial charge is 0.0534 e. The van der Waals surface area contributed by atoms with Crippen molar-refractivity contribution in [3.63, 3.8) is 0 Å².